The van der Waals surface area contributed by atoms with Crippen LogP contribution in [0.1, 0.15) is 31.2 Å². The molecule has 0 atom stereocenters. The van der Waals surface area contributed by atoms with Crippen LogP contribution >= 0.6 is 0 Å². The van der Waals surface area contributed by atoms with E-state index in [2.05, 4.69) is 40.1 Å². The average Bonchev–Trinajstić information content (AvgIpc) is 2.66. The summed E-state index contributed by atoms with van der Waals surface area (Å²) in [6.07, 6.45) is 3.73. The Morgan fingerprint density at radius 1 is 1.04 bits per heavy atom. The van der Waals surface area contributed by atoms with Crippen molar-refractivity contribution in [1.82, 2.24) is 14.7 Å². The Hall–Kier alpha value is -1.43. The third kappa shape index (κ3) is 5.79. The summed E-state index contributed by atoms with van der Waals surface area (Å²) < 4.78 is 0. The Kier molecular flexibility index (Phi) is 7.06. The van der Waals surface area contributed by atoms with Gasteiger partial charge in [-0.2, -0.15) is 0 Å². The lowest BCUT2D eigenvalue weighted by Gasteiger charge is -2.35. The molecule has 0 aromatic heterocycles. The minimum Gasteiger partial charge on any atom is -0.393 e. The van der Waals surface area contributed by atoms with Crippen LogP contribution in [0, 0.1) is 5.92 Å². The highest BCUT2D eigenvalue weighted by molar-refractivity contribution is 5.78. The third-order valence-electron chi connectivity index (χ3n) is 5.83. The van der Waals surface area contributed by atoms with Gasteiger partial charge in [0.1, 0.15) is 0 Å². The molecular weight excluding hydrogens is 326 g/mol. The summed E-state index contributed by atoms with van der Waals surface area (Å²) in [5.41, 5.74) is 1.38. The fraction of sp³-hybridized carbons (Fsp3) is 0.667. The van der Waals surface area contributed by atoms with Gasteiger partial charge in [0.15, 0.2) is 0 Å². The molecule has 1 aromatic carbocycles. The topological polar surface area (TPSA) is 47.0 Å². The molecule has 0 spiro atoms. The van der Waals surface area contributed by atoms with E-state index in [1.165, 1.54) is 18.4 Å². The molecule has 3 rings (SSSR count). The van der Waals surface area contributed by atoms with E-state index in [1.54, 1.807) is 0 Å². The number of hydrogen-bond donors (Lipinski definition) is 1. The van der Waals surface area contributed by atoms with Crippen LogP contribution in [-0.4, -0.2) is 78.1 Å². The van der Waals surface area contributed by atoms with Crippen molar-refractivity contribution in [2.45, 2.75) is 38.3 Å². The number of nitrogens with zero attached hydrogens (tertiary/aromatic N) is 3. The van der Waals surface area contributed by atoms with Crippen LogP contribution in [0.15, 0.2) is 30.3 Å². The number of amides is 1. The number of rotatable bonds is 6. The van der Waals surface area contributed by atoms with Crippen molar-refractivity contribution in [2.75, 3.05) is 46.3 Å². The number of piperidine rings is 2. The zero-order valence-corrected chi connectivity index (χ0v) is 16.0. The van der Waals surface area contributed by atoms with Crippen molar-refractivity contribution in [3.8, 4) is 0 Å². The molecule has 0 unspecified atom stereocenters. The number of likely N-dealkylation sites (N-methyl/N-ethyl adjacent to an activating group) is 1. The summed E-state index contributed by atoms with van der Waals surface area (Å²) in [7, 11) is 1.94. The van der Waals surface area contributed by atoms with Gasteiger partial charge in [-0.05, 0) is 50.3 Å². The summed E-state index contributed by atoms with van der Waals surface area (Å²) >= 11 is 0. The first-order chi connectivity index (χ1) is 12.6. The van der Waals surface area contributed by atoms with Crippen molar-refractivity contribution in [2.24, 2.45) is 5.92 Å². The molecule has 26 heavy (non-hydrogen) atoms. The Balaban J connectivity index is 1.36. The lowest BCUT2D eigenvalue weighted by Crippen LogP contribution is -2.45. The van der Waals surface area contributed by atoms with Gasteiger partial charge in [-0.15, -0.1) is 0 Å². The molecule has 2 heterocycles. The number of carbonyl (C=O) groups is 1. The van der Waals surface area contributed by atoms with E-state index >= 15 is 0 Å². The Bertz CT molecular complexity index is 550. The standard InChI is InChI=1S/C21H33N3O2/c1-22(21(26)17-24-13-9-20(25)10-14-24)15-19-7-11-23(12-8-19)16-18-5-3-2-4-6-18/h2-6,19-20,25H,7-17H2,1H3. The predicted octanol–water partition coefficient (Wildman–Crippen LogP) is 1.81. The minimum absolute atomic E-state index is 0.180. The molecule has 1 aromatic rings. The fourth-order valence-electron chi connectivity index (χ4n) is 4.05. The van der Waals surface area contributed by atoms with Gasteiger partial charge < -0.3 is 10.0 Å². The van der Waals surface area contributed by atoms with E-state index < -0.39 is 0 Å². The summed E-state index contributed by atoms with van der Waals surface area (Å²) in [6.45, 7) is 6.29. The Morgan fingerprint density at radius 3 is 2.31 bits per heavy atom. The second kappa shape index (κ2) is 9.49. The highest BCUT2D eigenvalue weighted by Gasteiger charge is 2.24. The summed E-state index contributed by atoms with van der Waals surface area (Å²) in [5.74, 6) is 0.826. The average molecular weight is 360 g/mol. The van der Waals surface area contributed by atoms with E-state index in [0.29, 0.717) is 12.5 Å². The van der Waals surface area contributed by atoms with Crippen molar-refractivity contribution >= 4 is 5.91 Å². The number of hydrogen-bond acceptors (Lipinski definition) is 4. The minimum atomic E-state index is -0.180. The molecule has 0 radical (unpaired) electrons. The van der Waals surface area contributed by atoms with E-state index in [1.807, 2.05) is 11.9 Å². The third-order valence-corrected chi connectivity index (χ3v) is 5.83. The van der Waals surface area contributed by atoms with Gasteiger partial charge in [0.05, 0.1) is 12.6 Å². The SMILES string of the molecule is CN(CC1CCN(Cc2ccccc2)CC1)C(=O)CN1CCC(O)CC1. The quantitative estimate of drug-likeness (QED) is 0.842. The van der Waals surface area contributed by atoms with Crippen LogP contribution in [0.25, 0.3) is 0 Å². The summed E-state index contributed by atoms with van der Waals surface area (Å²) in [4.78, 5) is 19.1. The second-order valence-electron chi connectivity index (χ2n) is 7.99. The maximum absolute atomic E-state index is 12.5. The molecular formula is C21H33N3O2. The van der Waals surface area contributed by atoms with Gasteiger partial charge in [0.25, 0.3) is 0 Å². The van der Waals surface area contributed by atoms with E-state index in [0.717, 1.165) is 52.1 Å². The first-order valence-electron chi connectivity index (χ1n) is 10.0. The first kappa shape index (κ1) is 19.3. The molecule has 5 heteroatoms. The molecule has 1 amide bonds. The van der Waals surface area contributed by atoms with Gasteiger partial charge in [-0.25, -0.2) is 0 Å². The maximum atomic E-state index is 12.5. The van der Waals surface area contributed by atoms with Crippen LogP contribution in [0.4, 0.5) is 0 Å². The largest absolute Gasteiger partial charge is 0.393 e. The zero-order valence-electron chi connectivity index (χ0n) is 16.0. The Labute approximate surface area is 157 Å². The monoisotopic (exact) mass is 359 g/mol. The van der Waals surface area contributed by atoms with Crippen molar-refractivity contribution < 1.29 is 9.90 Å². The zero-order chi connectivity index (χ0) is 18.4. The summed E-state index contributed by atoms with van der Waals surface area (Å²) in [6, 6.07) is 10.7. The Morgan fingerprint density at radius 2 is 1.65 bits per heavy atom. The number of aliphatic hydroxyl groups is 1. The van der Waals surface area contributed by atoms with Crippen molar-refractivity contribution in [3.05, 3.63) is 35.9 Å². The molecule has 2 aliphatic heterocycles. The first-order valence-corrected chi connectivity index (χ1v) is 10.0. The highest BCUT2D eigenvalue weighted by Crippen LogP contribution is 2.20. The highest BCUT2D eigenvalue weighted by atomic mass is 16.3. The van der Waals surface area contributed by atoms with Crippen LogP contribution < -0.4 is 0 Å². The molecule has 2 fully saturated rings. The van der Waals surface area contributed by atoms with Crippen LogP contribution in [0.5, 0.6) is 0 Å². The van der Waals surface area contributed by atoms with Gasteiger partial charge in [-0.3, -0.25) is 14.6 Å². The molecule has 144 valence electrons. The number of benzene rings is 1. The number of likely N-dealkylation sites (tertiary alicyclic amines) is 2. The van der Waals surface area contributed by atoms with Crippen LogP contribution in [-0.2, 0) is 11.3 Å². The van der Waals surface area contributed by atoms with Gasteiger partial charge in [0.2, 0.25) is 5.91 Å². The normalized spacial score (nSPS) is 21.0. The van der Waals surface area contributed by atoms with Gasteiger partial charge in [0, 0.05) is 33.2 Å². The number of carbonyl (C=O) groups excluding carboxylic acids is 1. The smallest absolute Gasteiger partial charge is 0.236 e. The fourth-order valence-corrected chi connectivity index (χ4v) is 4.05. The molecule has 5 nitrogen and oxygen atoms in total. The molecule has 0 aliphatic carbocycles. The van der Waals surface area contributed by atoms with E-state index in [9.17, 15) is 9.90 Å². The molecule has 0 bridgehead atoms. The van der Waals surface area contributed by atoms with Crippen LogP contribution in [0.2, 0.25) is 0 Å². The van der Waals surface area contributed by atoms with E-state index in [-0.39, 0.29) is 12.0 Å². The van der Waals surface area contributed by atoms with Gasteiger partial charge >= 0.3 is 0 Å². The predicted molar refractivity (Wildman–Crippen MR) is 104 cm³/mol. The molecule has 1 N–H and O–H groups in total. The van der Waals surface area contributed by atoms with Gasteiger partial charge in [-0.1, -0.05) is 30.3 Å². The molecule has 2 aliphatic rings. The number of aliphatic hydroxyl groups excluding tert-OH is 1. The lowest BCUT2D eigenvalue weighted by molar-refractivity contribution is -0.132. The van der Waals surface area contributed by atoms with Crippen molar-refractivity contribution in [3.63, 3.8) is 0 Å². The molecule has 2 saturated heterocycles. The molecule has 0 saturated carbocycles. The lowest BCUT2D eigenvalue weighted by atomic mass is 9.96. The summed E-state index contributed by atoms with van der Waals surface area (Å²) in [5, 5.41) is 9.58. The second-order valence-corrected chi connectivity index (χ2v) is 7.99. The van der Waals surface area contributed by atoms with Crippen LogP contribution in [0.3, 0.4) is 0 Å². The van der Waals surface area contributed by atoms with Crippen molar-refractivity contribution in [1.29, 1.82) is 0 Å². The maximum Gasteiger partial charge on any atom is 0.236 e. The van der Waals surface area contributed by atoms with E-state index in [4.69, 9.17) is 0 Å².